The van der Waals surface area contributed by atoms with E-state index < -0.39 is 0 Å². The van der Waals surface area contributed by atoms with Crippen LogP contribution < -0.4 is 5.32 Å². The fourth-order valence-electron chi connectivity index (χ4n) is 2.97. The minimum Gasteiger partial charge on any atom is -0.379 e. The summed E-state index contributed by atoms with van der Waals surface area (Å²) in [6.45, 7) is 5.21. The zero-order valence-electron chi connectivity index (χ0n) is 14.6. The smallest absolute Gasteiger partial charge is 0.220 e. The van der Waals surface area contributed by atoms with Gasteiger partial charge in [0.15, 0.2) is 0 Å². The summed E-state index contributed by atoms with van der Waals surface area (Å²) in [5.41, 5.74) is 3.64. The lowest BCUT2D eigenvalue weighted by Gasteiger charge is -2.26. The molecule has 0 bridgehead atoms. The molecule has 1 aliphatic rings. The van der Waals surface area contributed by atoms with E-state index in [2.05, 4.69) is 46.6 Å². The summed E-state index contributed by atoms with van der Waals surface area (Å²) in [5.74, 6) is 0.0984. The van der Waals surface area contributed by atoms with E-state index in [-0.39, 0.29) is 5.91 Å². The number of morpholine rings is 1. The molecule has 0 unspecified atom stereocenters. The monoisotopic (exact) mass is 338 g/mol. The van der Waals surface area contributed by atoms with Gasteiger partial charge in [0.25, 0.3) is 0 Å². The van der Waals surface area contributed by atoms with E-state index in [0.29, 0.717) is 13.0 Å². The molecule has 1 aliphatic heterocycles. The van der Waals surface area contributed by atoms with Gasteiger partial charge in [-0.15, -0.1) is 0 Å². The maximum absolute atomic E-state index is 12.0. The summed E-state index contributed by atoms with van der Waals surface area (Å²) < 4.78 is 5.38. The van der Waals surface area contributed by atoms with Crippen LogP contribution in [-0.4, -0.2) is 37.1 Å². The van der Waals surface area contributed by atoms with E-state index in [9.17, 15) is 4.79 Å². The molecule has 0 saturated carbocycles. The first-order valence-electron chi connectivity index (χ1n) is 8.98. The van der Waals surface area contributed by atoms with Crippen LogP contribution in [-0.2, 0) is 29.0 Å². The molecule has 4 heteroatoms. The summed E-state index contributed by atoms with van der Waals surface area (Å²) in [6, 6.07) is 18.6. The lowest BCUT2D eigenvalue weighted by Crippen LogP contribution is -2.35. The van der Waals surface area contributed by atoms with Gasteiger partial charge in [-0.3, -0.25) is 9.69 Å². The van der Waals surface area contributed by atoms with Crippen molar-refractivity contribution in [2.75, 3.05) is 26.3 Å². The third-order valence-corrected chi connectivity index (χ3v) is 4.51. The van der Waals surface area contributed by atoms with Gasteiger partial charge in [-0.05, 0) is 23.1 Å². The number of hydrogen-bond donors (Lipinski definition) is 1. The molecule has 1 heterocycles. The Morgan fingerprint density at radius 1 is 0.920 bits per heavy atom. The summed E-state index contributed by atoms with van der Waals surface area (Å²) in [6.07, 6.45) is 1.31. The lowest BCUT2D eigenvalue weighted by molar-refractivity contribution is -0.121. The summed E-state index contributed by atoms with van der Waals surface area (Å²) in [7, 11) is 0. The first-order chi connectivity index (χ1) is 12.3. The van der Waals surface area contributed by atoms with Crippen LogP contribution in [0.25, 0.3) is 0 Å². The van der Waals surface area contributed by atoms with E-state index in [0.717, 1.165) is 44.8 Å². The van der Waals surface area contributed by atoms with Gasteiger partial charge in [0.05, 0.1) is 13.2 Å². The molecule has 1 fully saturated rings. The fourth-order valence-corrected chi connectivity index (χ4v) is 2.97. The van der Waals surface area contributed by atoms with E-state index >= 15 is 0 Å². The van der Waals surface area contributed by atoms with Crippen molar-refractivity contribution < 1.29 is 9.53 Å². The van der Waals surface area contributed by atoms with Crippen LogP contribution in [0, 0.1) is 0 Å². The minimum absolute atomic E-state index is 0.0984. The molecule has 132 valence electrons. The van der Waals surface area contributed by atoms with Gasteiger partial charge in [-0.1, -0.05) is 54.6 Å². The molecular weight excluding hydrogens is 312 g/mol. The maximum atomic E-state index is 12.0. The zero-order chi connectivity index (χ0) is 17.3. The largest absolute Gasteiger partial charge is 0.379 e. The van der Waals surface area contributed by atoms with Gasteiger partial charge in [0, 0.05) is 32.6 Å². The number of nitrogens with zero attached hydrogens (tertiary/aromatic N) is 1. The van der Waals surface area contributed by atoms with Crippen LogP contribution in [0.3, 0.4) is 0 Å². The van der Waals surface area contributed by atoms with Gasteiger partial charge in [-0.2, -0.15) is 0 Å². The summed E-state index contributed by atoms with van der Waals surface area (Å²) in [4.78, 5) is 14.4. The van der Waals surface area contributed by atoms with Crippen LogP contribution in [0.5, 0.6) is 0 Å². The van der Waals surface area contributed by atoms with Gasteiger partial charge in [-0.25, -0.2) is 0 Å². The number of nitrogens with one attached hydrogen (secondary N) is 1. The number of hydrogen-bond acceptors (Lipinski definition) is 3. The van der Waals surface area contributed by atoms with Crippen molar-refractivity contribution in [3.63, 3.8) is 0 Å². The summed E-state index contributed by atoms with van der Waals surface area (Å²) >= 11 is 0. The van der Waals surface area contributed by atoms with Crippen LogP contribution >= 0.6 is 0 Å². The zero-order valence-corrected chi connectivity index (χ0v) is 14.6. The van der Waals surface area contributed by atoms with Crippen molar-refractivity contribution in [1.29, 1.82) is 0 Å². The van der Waals surface area contributed by atoms with Crippen LogP contribution in [0.1, 0.15) is 23.1 Å². The second kappa shape index (κ2) is 9.35. The molecule has 2 aromatic rings. The number of aryl methyl sites for hydroxylation is 1. The molecule has 3 rings (SSSR count). The molecule has 0 radical (unpaired) electrons. The van der Waals surface area contributed by atoms with Gasteiger partial charge < -0.3 is 10.1 Å². The molecule has 4 nitrogen and oxygen atoms in total. The molecule has 1 amide bonds. The average molecular weight is 338 g/mol. The third kappa shape index (κ3) is 6.00. The van der Waals surface area contributed by atoms with Crippen molar-refractivity contribution in [2.45, 2.75) is 25.9 Å². The van der Waals surface area contributed by atoms with E-state index in [1.54, 1.807) is 0 Å². The second-order valence-electron chi connectivity index (χ2n) is 6.47. The standard InChI is InChI=1S/C21H26N2O2/c24-21(11-10-18-4-2-1-3-5-18)22-16-19-6-8-20(9-7-19)17-23-12-14-25-15-13-23/h1-9H,10-17H2,(H,22,24). The highest BCUT2D eigenvalue weighted by Crippen LogP contribution is 2.09. The highest BCUT2D eigenvalue weighted by molar-refractivity contribution is 5.76. The van der Waals surface area contributed by atoms with Crippen molar-refractivity contribution in [2.24, 2.45) is 0 Å². The fraction of sp³-hybridized carbons (Fsp3) is 0.381. The Morgan fingerprint density at radius 3 is 2.32 bits per heavy atom. The van der Waals surface area contributed by atoms with E-state index in [1.807, 2.05) is 18.2 Å². The normalized spacial score (nSPS) is 15.0. The maximum Gasteiger partial charge on any atom is 0.220 e. The number of benzene rings is 2. The van der Waals surface area contributed by atoms with Crippen LogP contribution in [0.15, 0.2) is 54.6 Å². The molecule has 1 saturated heterocycles. The minimum atomic E-state index is 0.0984. The Hall–Kier alpha value is -2.17. The van der Waals surface area contributed by atoms with Gasteiger partial charge in [0.1, 0.15) is 0 Å². The molecular formula is C21H26N2O2. The Bertz CT molecular complexity index is 649. The number of ether oxygens (including phenoxy) is 1. The number of amides is 1. The van der Waals surface area contributed by atoms with Gasteiger partial charge in [0.2, 0.25) is 5.91 Å². The first kappa shape index (κ1) is 17.6. The highest BCUT2D eigenvalue weighted by Gasteiger charge is 2.10. The van der Waals surface area contributed by atoms with Crippen molar-refractivity contribution in [3.05, 3.63) is 71.3 Å². The van der Waals surface area contributed by atoms with E-state index in [4.69, 9.17) is 4.74 Å². The Morgan fingerprint density at radius 2 is 1.60 bits per heavy atom. The van der Waals surface area contributed by atoms with Crippen LogP contribution in [0.2, 0.25) is 0 Å². The molecule has 0 aliphatic carbocycles. The molecule has 1 N–H and O–H groups in total. The van der Waals surface area contributed by atoms with Crippen LogP contribution in [0.4, 0.5) is 0 Å². The third-order valence-electron chi connectivity index (χ3n) is 4.51. The van der Waals surface area contributed by atoms with Crippen molar-refractivity contribution in [1.82, 2.24) is 10.2 Å². The molecule has 0 aromatic heterocycles. The average Bonchev–Trinajstić information content (AvgIpc) is 2.67. The highest BCUT2D eigenvalue weighted by atomic mass is 16.5. The number of carbonyl (C=O) groups excluding carboxylic acids is 1. The SMILES string of the molecule is O=C(CCc1ccccc1)NCc1ccc(CN2CCOCC2)cc1. The van der Waals surface area contributed by atoms with Gasteiger partial charge >= 0.3 is 0 Å². The Labute approximate surface area is 149 Å². The van der Waals surface area contributed by atoms with Crippen molar-refractivity contribution in [3.8, 4) is 0 Å². The predicted molar refractivity (Wildman–Crippen MR) is 99.1 cm³/mol. The topological polar surface area (TPSA) is 41.6 Å². The Balaban J connectivity index is 1.39. The molecule has 0 spiro atoms. The van der Waals surface area contributed by atoms with Crippen molar-refractivity contribution >= 4 is 5.91 Å². The quantitative estimate of drug-likeness (QED) is 0.844. The summed E-state index contributed by atoms with van der Waals surface area (Å²) in [5, 5.41) is 3.00. The Kier molecular flexibility index (Phi) is 6.60. The lowest BCUT2D eigenvalue weighted by atomic mass is 10.1. The first-order valence-corrected chi connectivity index (χ1v) is 8.98. The number of carbonyl (C=O) groups is 1. The second-order valence-corrected chi connectivity index (χ2v) is 6.47. The predicted octanol–water partition coefficient (Wildman–Crippen LogP) is 2.77. The molecule has 2 aromatic carbocycles. The number of rotatable bonds is 7. The molecule has 0 atom stereocenters. The van der Waals surface area contributed by atoms with E-state index in [1.165, 1.54) is 11.1 Å². The molecule has 25 heavy (non-hydrogen) atoms.